The number of imidazole rings is 1. The summed E-state index contributed by atoms with van der Waals surface area (Å²) in [5, 5.41) is 0. The van der Waals surface area contributed by atoms with Crippen molar-refractivity contribution >= 4 is 22.6 Å². The normalized spacial score (nSPS) is 11.6. The Labute approximate surface area is 198 Å². The van der Waals surface area contributed by atoms with E-state index in [1.54, 1.807) is 11.5 Å². The van der Waals surface area contributed by atoms with Gasteiger partial charge in [0.1, 0.15) is 5.82 Å². The second-order valence-electron chi connectivity index (χ2n) is 8.34. The number of para-hydroxylation sites is 3. The van der Waals surface area contributed by atoms with E-state index in [0.29, 0.717) is 0 Å². The Bertz CT molecular complexity index is 1020. The van der Waals surface area contributed by atoms with Gasteiger partial charge < -0.3 is 14.7 Å². The monoisotopic (exact) mass is 449 g/mol. The van der Waals surface area contributed by atoms with E-state index >= 15 is 0 Å². The summed E-state index contributed by atoms with van der Waals surface area (Å²) in [6.07, 6.45) is 0. The van der Waals surface area contributed by atoms with Crippen molar-refractivity contribution in [3.05, 3.63) is 48.5 Å². The topological polar surface area (TPSA) is 44.6 Å². The number of hydrogen-bond acceptors (Lipinski definition) is 5. The molecule has 3 rings (SSSR count). The minimum absolute atomic E-state index is 0.0219. The molecule has 2 aromatic carbocycles. The lowest BCUT2D eigenvalue weighted by Crippen LogP contribution is -2.40. The summed E-state index contributed by atoms with van der Waals surface area (Å²) in [6, 6.07) is 16.3. The molecule has 0 radical (unpaired) electrons. The molecular weight excluding hydrogens is 410 g/mol. The van der Waals surface area contributed by atoms with Crippen LogP contribution in [0.3, 0.4) is 0 Å². The number of carbonyl (C=O) groups is 1. The second kappa shape index (κ2) is 12.0. The first kappa shape index (κ1) is 24.9. The predicted octanol–water partition coefficient (Wildman–Crippen LogP) is 4.85. The summed E-state index contributed by atoms with van der Waals surface area (Å²) in [6.45, 7) is 18.5. The number of rotatable bonds is 12. The maximum Gasteiger partial charge on any atom is 0.229 e. The van der Waals surface area contributed by atoms with Crippen LogP contribution in [0.25, 0.3) is 22.4 Å². The molecule has 0 atom stereocenters. The molecule has 0 spiro atoms. The number of hydrogen-bond donors (Lipinski definition) is 0. The van der Waals surface area contributed by atoms with Crippen molar-refractivity contribution in [2.75, 3.05) is 57.3 Å². The highest BCUT2D eigenvalue weighted by Gasteiger charge is 2.21. The minimum Gasteiger partial charge on any atom is -0.368 e. The van der Waals surface area contributed by atoms with Crippen molar-refractivity contribution < 1.29 is 4.79 Å². The maximum absolute atomic E-state index is 12.7. The van der Waals surface area contributed by atoms with E-state index in [2.05, 4.69) is 60.6 Å². The highest BCUT2D eigenvalue weighted by molar-refractivity contribution is 5.95. The van der Waals surface area contributed by atoms with Crippen LogP contribution < -0.4 is 4.90 Å². The van der Waals surface area contributed by atoms with Crippen LogP contribution in [0, 0.1) is 0 Å². The third kappa shape index (κ3) is 5.81. The number of carbonyl (C=O) groups excluding carboxylic acids is 1. The van der Waals surface area contributed by atoms with E-state index in [1.165, 1.54) is 0 Å². The molecule has 0 unspecified atom stereocenters. The summed E-state index contributed by atoms with van der Waals surface area (Å²) in [5.41, 5.74) is 3.83. The lowest BCUT2D eigenvalue weighted by Gasteiger charge is -2.31. The van der Waals surface area contributed by atoms with E-state index < -0.39 is 0 Å². The van der Waals surface area contributed by atoms with E-state index in [4.69, 9.17) is 4.98 Å². The molecule has 0 bridgehead atoms. The zero-order valence-corrected chi connectivity index (χ0v) is 20.9. The Morgan fingerprint density at radius 2 is 1.33 bits per heavy atom. The van der Waals surface area contributed by atoms with Crippen molar-refractivity contribution in [1.82, 2.24) is 19.4 Å². The molecule has 178 valence electrons. The zero-order chi connectivity index (χ0) is 23.8. The van der Waals surface area contributed by atoms with Gasteiger partial charge in [-0.05, 0) is 50.4 Å². The molecule has 0 amide bonds. The fraction of sp³-hybridized carbons (Fsp3) is 0.481. The van der Waals surface area contributed by atoms with Gasteiger partial charge >= 0.3 is 0 Å². The standard InChI is InChI=1S/C27H39N5O/c1-6-29(7-2)18-20-31(21-19-30(8-3)9-4)25-16-12-10-14-23(25)27-28-24-15-11-13-17-26(24)32(27)22(5)33/h10-17H,6-9,18-21H2,1-5H3. The molecular formula is C27H39N5O. The fourth-order valence-electron chi connectivity index (χ4n) is 4.42. The largest absolute Gasteiger partial charge is 0.368 e. The molecule has 0 saturated carbocycles. The minimum atomic E-state index is -0.0219. The third-order valence-electron chi connectivity index (χ3n) is 6.52. The van der Waals surface area contributed by atoms with Gasteiger partial charge in [-0.2, -0.15) is 0 Å². The van der Waals surface area contributed by atoms with E-state index in [1.807, 2.05) is 30.3 Å². The van der Waals surface area contributed by atoms with Crippen molar-refractivity contribution in [2.24, 2.45) is 0 Å². The lowest BCUT2D eigenvalue weighted by atomic mass is 10.1. The average Bonchev–Trinajstić information content (AvgIpc) is 3.23. The first-order valence-electron chi connectivity index (χ1n) is 12.3. The first-order chi connectivity index (χ1) is 16.0. The Kier molecular flexibility index (Phi) is 9.03. The third-order valence-corrected chi connectivity index (χ3v) is 6.52. The maximum atomic E-state index is 12.7. The van der Waals surface area contributed by atoms with Crippen LogP contribution in [0.1, 0.15) is 39.4 Å². The van der Waals surface area contributed by atoms with E-state index in [9.17, 15) is 4.79 Å². The quantitative estimate of drug-likeness (QED) is 0.395. The van der Waals surface area contributed by atoms with Gasteiger partial charge in [0.25, 0.3) is 0 Å². The SMILES string of the molecule is CCN(CC)CCN(CCN(CC)CC)c1ccccc1-c1nc2ccccc2n1C(C)=O. The molecule has 3 aromatic rings. The molecule has 0 fully saturated rings. The van der Waals surface area contributed by atoms with Crippen LogP contribution >= 0.6 is 0 Å². The smallest absolute Gasteiger partial charge is 0.229 e. The Morgan fingerprint density at radius 1 is 0.788 bits per heavy atom. The lowest BCUT2D eigenvalue weighted by molar-refractivity contribution is 0.0943. The average molecular weight is 450 g/mol. The van der Waals surface area contributed by atoms with E-state index in [0.717, 1.165) is 80.5 Å². The molecule has 1 aromatic heterocycles. The van der Waals surface area contributed by atoms with Crippen molar-refractivity contribution in [3.8, 4) is 11.4 Å². The fourth-order valence-corrected chi connectivity index (χ4v) is 4.42. The van der Waals surface area contributed by atoms with Crippen molar-refractivity contribution in [2.45, 2.75) is 34.6 Å². The molecule has 0 aliphatic heterocycles. The number of nitrogens with zero attached hydrogens (tertiary/aromatic N) is 5. The highest BCUT2D eigenvalue weighted by atomic mass is 16.1. The number of benzene rings is 2. The summed E-state index contributed by atoms with van der Waals surface area (Å²) in [4.78, 5) is 25.0. The van der Waals surface area contributed by atoms with Crippen LogP contribution in [0.4, 0.5) is 5.69 Å². The number of fused-ring (bicyclic) bond motifs is 1. The Hall–Kier alpha value is -2.70. The van der Waals surface area contributed by atoms with Gasteiger partial charge in [0, 0.05) is 44.4 Å². The second-order valence-corrected chi connectivity index (χ2v) is 8.34. The Balaban J connectivity index is 2.05. The van der Waals surface area contributed by atoms with Crippen LogP contribution in [0.15, 0.2) is 48.5 Å². The molecule has 0 aliphatic rings. The summed E-state index contributed by atoms with van der Waals surface area (Å²) in [7, 11) is 0. The molecule has 6 nitrogen and oxygen atoms in total. The van der Waals surface area contributed by atoms with Crippen LogP contribution in [-0.2, 0) is 0 Å². The van der Waals surface area contributed by atoms with Gasteiger partial charge in [0.05, 0.1) is 11.0 Å². The van der Waals surface area contributed by atoms with Gasteiger partial charge in [0.2, 0.25) is 5.91 Å². The molecule has 0 saturated heterocycles. The molecule has 0 aliphatic carbocycles. The summed E-state index contributed by atoms with van der Waals surface area (Å²) < 4.78 is 1.75. The number of likely N-dealkylation sites (N-methyl/N-ethyl adjacent to an activating group) is 2. The summed E-state index contributed by atoms with van der Waals surface area (Å²) in [5.74, 6) is 0.696. The summed E-state index contributed by atoms with van der Waals surface area (Å²) >= 11 is 0. The van der Waals surface area contributed by atoms with Crippen LogP contribution in [-0.4, -0.2) is 77.6 Å². The number of anilines is 1. The predicted molar refractivity (Wildman–Crippen MR) is 139 cm³/mol. The molecule has 1 heterocycles. The first-order valence-corrected chi connectivity index (χ1v) is 12.3. The highest BCUT2D eigenvalue weighted by Crippen LogP contribution is 2.32. The molecule has 0 N–H and O–H groups in total. The van der Waals surface area contributed by atoms with Crippen molar-refractivity contribution in [3.63, 3.8) is 0 Å². The number of aromatic nitrogens is 2. The van der Waals surface area contributed by atoms with Crippen LogP contribution in [0.5, 0.6) is 0 Å². The van der Waals surface area contributed by atoms with Crippen LogP contribution in [0.2, 0.25) is 0 Å². The van der Waals surface area contributed by atoms with Gasteiger partial charge in [-0.3, -0.25) is 9.36 Å². The van der Waals surface area contributed by atoms with Gasteiger partial charge in [-0.25, -0.2) is 4.98 Å². The van der Waals surface area contributed by atoms with Gasteiger partial charge in [-0.15, -0.1) is 0 Å². The van der Waals surface area contributed by atoms with Gasteiger partial charge in [0.15, 0.2) is 0 Å². The van der Waals surface area contributed by atoms with Crippen molar-refractivity contribution in [1.29, 1.82) is 0 Å². The molecule has 6 heteroatoms. The van der Waals surface area contributed by atoms with E-state index in [-0.39, 0.29) is 5.91 Å². The molecule has 33 heavy (non-hydrogen) atoms. The van der Waals surface area contributed by atoms with Gasteiger partial charge in [-0.1, -0.05) is 52.0 Å². The zero-order valence-electron chi connectivity index (χ0n) is 20.9. The Morgan fingerprint density at radius 3 is 1.91 bits per heavy atom.